The first-order chi connectivity index (χ1) is 10.8. The number of rotatable bonds is 4. The molecule has 0 saturated heterocycles. The maximum absolute atomic E-state index is 12.2. The first-order valence-corrected chi connectivity index (χ1v) is 7.66. The van der Waals surface area contributed by atoms with Crippen LogP contribution in [0.15, 0.2) is 22.7 Å². The standard InChI is InChI=1S/C16H17N3O3/c20-15(12-5-6-13-11(8-12)2-1-7-21-13)17-9-14-18-16(22-19-14)10-3-4-10/h5-6,8,10H,1-4,7,9H2,(H,17,20). The summed E-state index contributed by atoms with van der Waals surface area (Å²) in [7, 11) is 0. The van der Waals surface area contributed by atoms with Gasteiger partial charge < -0.3 is 14.6 Å². The van der Waals surface area contributed by atoms with Crippen molar-refractivity contribution in [2.75, 3.05) is 6.61 Å². The smallest absolute Gasteiger partial charge is 0.251 e. The average molecular weight is 299 g/mol. The van der Waals surface area contributed by atoms with Crippen LogP contribution in [0.4, 0.5) is 0 Å². The van der Waals surface area contributed by atoms with E-state index in [1.54, 1.807) is 6.07 Å². The SMILES string of the molecule is O=C(NCc1noc(C2CC2)n1)c1ccc2c(c1)CCCO2. The van der Waals surface area contributed by atoms with Crippen LogP contribution in [0, 0.1) is 0 Å². The van der Waals surface area contributed by atoms with Crippen molar-refractivity contribution in [1.29, 1.82) is 0 Å². The molecule has 0 bridgehead atoms. The molecule has 22 heavy (non-hydrogen) atoms. The van der Waals surface area contributed by atoms with E-state index in [4.69, 9.17) is 9.26 Å². The van der Waals surface area contributed by atoms with Crippen LogP contribution in [0.25, 0.3) is 0 Å². The van der Waals surface area contributed by atoms with Gasteiger partial charge in [-0.1, -0.05) is 5.16 Å². The Morgan fingerprint density at radius 1 is 1.36 bits per heavy atom. The summed E-state index contributed by atoms with van der Waals surface area (Å²) in [6.07, 6.45) is 4.17. The lowest BCUT2D eigenvalue weighted by Gasteiger charge is -2.17. The molecule has 2 aliphatic rings. The van der Waals surface area contributed by atoms with E-state index in [-0.39, 0.29) is 12.5 Å². The lowest BCUT2D eigenvalue weighted by Crippen LogP contribution is -2.23. The van der Waals surface area contributed by atoms with E-state index in [0.717, 1.165) is 43.6 Å². The Morgan fingerprint density at radius 3 is 3.14 bits per heavy atom. The molecular formula is C16H17N3O3. The highest BCUT2D eigenvalue weighted by atomic mass is 16.5. The number of fused-ring (bicyclic) bond motifs is 1. The highest BCUT2D eigenvalue weighted by Gasteiger charge is 2.29. The predicted octanol–water partition coefficient (Wildman–Crippen LogP) is 2.20. The summed E-state index contributed by atoms with van der Waals surface area (Å²) in [6, 6.07) is 5.55. The van der Waals surface area contributed by atoms with Crippen LogP contribution in [0.5, 0.6) is 5.75 Å². The molecular weight excluding hydrogens is 282 g/mol. The Balaban J connectivity index is 1.40. The normalized spacial score (nSPS) is 16.7. The molecule has 6 nitrogen and oxygen atoms in total. The van der Waals surface area contributed by atoms with E-state index in [0.29, 0.717) is 23.2 Å². The quantitative estimate of drug-likeness (QED) is 0.936. The first-order valence-electron chi connectivity index (χ1n) is 7.66. The minimum Gasteiger partial charge on any atom is -0.493 e. The van der Waals surface area contributed by atoms with Gasteiger partial charge in [-0.25, -0.2) is 0 Å². The molecule has 6 heteroatoms. The molecule has 0 unspecified atom stereocenters. The molecule has 2 heterocycles. The van der Waals surface area contributed by atoms with E-state index >= 15 is 0 Å². The maximum Gasteiger partial charge on any atom is 0.251 e. The fourth-order valence-corrected chi connectivity index (χ4v) is 2.60. The summed E-state index contributed by atoms with van der Waals surface area (Å²) in [6.45, 7) is 1.03. The zero-order valence-electron chi connectivity index (χ0n) is 12.2. The second-order valence-electron chi connectivity index (χ2n) is 5.78. The van der Waals surface area contributed by atoms with Crippen molar-refractivity contribution in [2.24, 2.45) is 0 Å². The summed E-state index contributed by atoms with van der Waals surface area (Å²) in [5.41, 5.74) is 1.73. The van der Waals surface area contributed by atoms with Gasteiger partial charge in [0.15, 0.2) is 5.82 Å². The molecule has 114 valence electrons. The van der Waals surface area contributed by atoms with Gasteiger partial charge >= 0.3 is 0 Å². The molecule has 1 fully saturated rings. The van der Waals surface area contributed by atoms with E-state index < -0.39 is 0 Å². The third-order valence-corrected chi connectivity index (χ3v) is 3.99. The molecule has 1 amide bonds. The molecule has 0 atom stereocenters. The number of nitrogens with one attached hydrogen (secondary N) is 1. The topological polar surface area (TPSA) is 77.3 Å². The number of benzene rings is 1. The highest BCUT2D eigenvalue weighted by molar-refractivity contribution is 5.94. The number of nitrogens with zero attached hydrogens (tertiary/aromatic N) is 2. The largest absolute Gasteiger partial charge is 0.493 e. The van der Waals surface area contributed by atoms with Crippen molar-refractivity contribution in [3.8, 4) is 5.75 Å². The number of aryl methyl sites for hydroxylation is 1. The summed E-state index contributed by atoms with van der Waals surface area (Å²) in [5.74, 6) is 2.39. The fraction of sp³-hybridized carbons (Fsp3) is 0.438. The molecule has 1 saturated carbocycles. The number of carbonyl (C=O) groups is 1. The van der Waals surface area contributed by atoms with Gasteiger partial charge in [-0.2, -0.15) is 4.98 Å². The van der Waals surface area contributed by atoms with Crippen molar-refractivity contribution in [2.45, 2.75) is 38.1 Å². The molecule has 4 rings (SSSR count). The Kier molecular flexibility index (Phi) is 3.29. The third kappa shape index (κ3) is 2.68. The van der Waals surface area contributed by atoms with Crippen LogP contribution in [0.1, 0.15) is 52.8 Å². The number of amides is 1. The van der Waals surface area contributed by atoms with Gasteiger partial charge in [0.1, 0.15) is 5.75 Å². The summed E-state index contributed by atoms with van der Waals surface area (Å²) in [5, 5.41) is 6.72. The molecule has 0 radical (unpaired) electrons. The van der Waals surface area contributed by atoms with E-state index in [9.17, 15) is 4.79 Å². The fourth-order valence-electron chi connectivity index (χ4n) is 2.60. The van der Waals surface area contributed by atoms with Gasteiger partial charge in [0.25, 0.3) is 5.91 Å². The number of ether oxygens (including phenoxy) is 1. The second-order valence-corrected chi connectivity index (χ2v) is 5.78. The molecule has 0 spiro atoms. The van der Waals surface area contributed by atoms with Crippen molar-refractivity contribution in [1.82, 2.24) is 15.5 Å². The van der Waals surface area contributed by atoms with Gasteiger partial charge in [0.05, 0.1) is 13.2 Å². The van der Waals surface area contributed by atoms with Crippen LogP contribution in [-0.2, 0) is 13.0 Å². The number of hydrogen-bond donors (Lipinski definition) is 1. The Morgan fingerprint density at radius 2 is 2.27 bits per heavy atom. The molecule has 2 aromatic rings. The average Bonchev–Trinajstić information content (AvgIpc) is 3.31. The minimum absolute atomic E-state index is 0.133. The molecule has 1 aromatic carbocycles. The Hall–Kier alpha value is -2.37. The summed E-state index contributed by atoms with van der Waals surface area (Å²) in [4.78, 5) is 16.5. The Bertz CT molecular complexity index is 706. The van der Waals surface area contributed by atoms with Gasteiger partial charge in [0, 0.05) is 11.5 Å². The maximum atomic E-state index is 12.2. The molecule has 1 aliphatic carbocycles. The highest BCUT2D eigenvalue weighted by Crippen LogP contribution is 2.38. The zero-order chi connectivity index (χ0) is 14.9. The van der Waals surface area contributed by atoms with Crippen LogP contribution in [0.3, 0.4) is 0 Å². The zero-order valence-corrected chi connectivity index (χ0v) is 12.2. The lowest BCUT2D eigenvalue weighted by atomic mass is 10.0. The van der Waals surface area contributed by atoms with Gasteiger partial charge in [-0.05, 0) is 49.4 Å². The molecule has 1 aliphatic heterocycles. The summed E-state index contributed by atoms with van der Waals surface area (Å²) < 4.78 is 10.7. The third-order valence-electron chi connectivity index (χ3n) is 3.99. The van der Waals surface area contributed by atoms with Gasteiger partial charge in [0.2, 0.25) is 5.89 Å². The van der Waals surface area contributed by atoms with Crippen LogP contribution < -0.4 is 10.1 Å². The minimum atomic E-state index is -0.133. The van der Waals surface area contributed by atoms with Crippen LogP contribution >= 0.6 is 0 Å². The lowest BCUT2D eigenvalue weighted by molar-refractivity contribution is 0.0949. The first kappa shape index (κ1) is 13.3. The molecule has 1 aromatic heterocycles. The number of aromatic nitrogens is 2. The van der Waals surface area contributed by atoms with Crippen molar-refractivity contribution >= 4 is 5.91 Å². The predicted molar refractivity (Wildman–Crippen MR) is 77.7 cm³/mol. The van der Waals surface area contributed by atoms with Crippen molar-refractivity contribution < 1.29 is 14.1 Å². The monoisotopic (exact) mass is 299 g/mol. The molecule has 1 N–H and O–H groups in total. The van der Waals surface area contributed by atoms with Crippen LogP contribution in [0.2, 0.25) is 0 Å². The van der Waals surface area contributed by atoms with Gasteiger partial charge in [-0.15, -0.1) is 0 Å². The van der Waals surface area contributed by atoms with Gasteiger partial charge in [-0.3, -0.25) is 4.79 Å². The van der Waals surface area contributed by atoms with E-state index in [1.165, 1.54) is 0 Å². The van der Waals surface area contributed by atoms with E-state index in [2.05, 4.69) is 15.5 Å². The van der Waals surface area contributed by atoms with E-state index in [1.807, 2.05) is 12.1 Å². The van der Waals surface area contributed by atoms with Crippen molar-refractivity contribution in [3.05, 3.63) is 41.0 Å². The number of hydrogen-bond acceptors (Lipinski definition) is 5. The Labute approximate surface area is 127 Å². The summed E-state index contributed by atoms with van der Waals surface area (Å²) >= 11 is 0. The van der Waals surface area contributed by atoms with Crippen molar-refractivity contribution in [3.63, 3.8) is 0 Å². The number of carbonyl (C=O) groups excluding carboxylic acids is 1. The van der Waals surface area contributed by atoms with Crippen LogP contribution in [-0.4, -0.2) is 22.7 Å². The second kappa shape index (κ2) is 5.44.